The monoisotopic (exact) mass is 322 g/mol. The standard InChI is InChI=1S/C13H17F3N2O2S/c1-8(12(19)20-2)18-5-3-4-9(6-18)11-17-10(7-21-11)13(14,15)16/h7-9H,3-6H2,1-2H3/t8-,9-/m0/s1. The number of ether oxygens (including phenoxy) is 1. The lowest BCUT2D eigenvalue weighted by Gasteiger charge is -2.34. The third kappa shape index (κ3) is 3.74. The average molecular weight is 322 g/mol. The summed E-state index contributed by atoms with van der Waals surface area (Å²) in [6.45, 7) is 3.02. The summed E-state index contributed by atoms with van der Waals surface area (Å²) >= 11 is 1.04. The molecule has 1 fully saturated rings. The van der Waals surface area contributed by atoms with E-state index in [0.717, 1.165) is 36.1 Å². The minimum absolute atomic E-state index is 0.0630. The first-order valence-corrected chi connectivity index (χ1v) is 7.55. The van der Waals surface area contributed by atoms with E-state index in [0.29, 0.717) is 11.6 Å². The van der Waals surface area contributed by atoms with Gasteiger partial charge in [-0.25, -0.2) is 4.98 Å². The van der Waals surface area contributed by atoms with Gasteiger partial charge in [0.2, 0.25) is 0 Å². The van der Waals surface area contributed by atoms with Gasteiger partial charge in [-0.15, -0.1) is 11.3 Å². The van der Waals surface area contributed by atoms with Gasteiger partial charge in [0.1, 0.15) is 6.04 Å². The van der Waals surface area contributed by atoms with Crippen molar-refractivity contribution in [3.8, 4) is 0 Å². The van der Waals surface area contributed by atoms with Crippen LogP contribution in [0.15, 0.2) is 5.38 Å². The van der Waals surface area contributed by atoms with Crippen LogP contribution in [0.25, 0.3) is 0 Å². The number of methoxy groups -OCH3 is 1. The van der Waals surface area contributed by atoms with Crippen molar-refractivity contribution in [2.75, 3.05) is 20.2 Å². The first kappa shape index (κ1) is 16.2. The van der Waals surface area contributed by atoms with E-state index in [-0.39, 0.29) is 17.9 Å². The summed E-state index contributed by atoms with van der Waals surface area (Å²) in [5.41, 5.74) is -0.833. The van der Waals surface area contributed by atoms with Gasteiger partial charge in [0.05, 0.1) is 12.1 Å². The number of alkyl halides is 3. The minimum atomic E-state index is -4.40. The number of nitrogens with zero attached hydrogens (tertiary/aromatic N) is 2. The van der Waals surface area contributed by atoms with E-state index in [1.54, 1.807) is 6.92 Å². The average Bonchev–Trinajstić information content (AvgIpc) is 2.95. The zero-order valence-corrected chi connectivity index (χ0v) is 12.6. The van der Waals surface area contributed by atoms with Gasteiger partial charge in [0.25, 0.3) is 0 Å². The van der Waals surface area contributed by atoms with Gasteiger partial charge in [-0.1, -0.05) is 0 Å². The molecule has 0 amide bonds. The fourth-order valence-electron chi connectivity index (χ4n) is 2.48. The van der Waals surface area contributed by atoms with Crippen LogP contribution < -0.4 is 0 Å². The maximum absolute atomic E-state index is 12.6. The van der Waals surface area contributed by atoms with Crippen LogP contribution in [0, 0.1) is 0 Å². The van der Waals surface area contributed by atoms with Gasteiger partial charge in [-0.2, -0.15) is 13.2 Å². The summed E-state index contributed by atoms with van der Waals surface area (Å²) in [6, 6.07) is -0.389. The van der Waals surface area contributed by atoms with Crippen molar-refractivity contribution in [1.82, 2.24) is 9.88 Å². The van der Waals surface area contributed by atoms with Gasteiger partial charge >= 0.3 is 12.1 Å². The van der Waals surface area contributed by atoms with Crippen molar-refractivity contribution in [2.24, 2.45) is 0 Å². The van der Waals surface area contributed by atoms with Crippen LogP contribution in [-0.2, 0) is 15.7 Å². The van der Waals surface area contributed by atoms with Crippen molar-refractivity contribution < 1.29 is 22.7 Å². The smallest absolute Gasteiger partial charge is 0.434 e. The minimum Gasteiger partial charge on any atom is -0.468 e. The number of hydrogen-bond donors (Lipinski definition) is 0. The van der Waals surface area contributed by atoms with E-state index < -0.39 is 11.9 Å². The Bertz CT molecular complexity index is 504. The number of rotatable bonds is 3. The molecule has 0 unspecified atom stereocenters. The van der Waals surface area contributed by atoms with E-state index in [9.17, 15) is 18.0 Å². The zero-order chi connectivity index (χ0) is 15.6. The second kappa shape index (κ2) is 6.31. The summed E-state index contributed by atoms with van der Waals surface area (Å²) in [7, 11) is 1.33. The van der Waals surface area contributed by atoms with E-state index in [4.69, 9.17) is 4.74 Å². The molecular formula is C13H17F3N2O2S. The third-order valence-corrected chi connectivity index (χ3v) is 4.71. The molecule has 2 rings (SSSR count). The van der Waals surface area contributed by atoms with Crippen LogP contribution in [-0.4, -0.2) is 42.1 Å². The van der Waals surface area contributed by atoms with Gasteiger partial charge in [-0.3, -0.25) is 9.69 Å². The van der Waals surface area contributed by atoms with E-state index in [2.05, 4.69) is 4.98 Å². The van der Waals surface area contributed by atoms with Crippen molar-refractivity contribution in [3.05, 3.63) is 16.1 Å². The molecule has 1 saturated heterocycles. The summed E-state index contributed by atoms with van der Waals surface area (Å²) < 4.78 is 42.5. The number of piperidine rings is 1. The molecule has 0 aliphatic carbocycles. The maximum Gasteiger partial charge on any atom is 0.434 e. The number of carbonyl (C=O) groups excluding carboxylic acids is 1. The van der Waals surface area contributed by atoms with E-state index in [1.807, 2.05) is 4.90 Å². The molecule has 2 atom stereocenters. The molecule has 1 aliphatic heterocycles. The van der Waals surface area contributed by atoms with Crippen LogP contribution in [0.4, 0.5) is 13.2 Å². The van der Waals surface area contributed by atoms with E-state index >= 15 is 0 Å². The SMILES string of the molecule is COC(=O)[C@H](C)N1CCC[C@H](c2nc(C(F)(F)F)cs2)C1. The van der Waals surface area contributed by atoms with Crippen LogP contribution in [0.3, 0.4) is 0 Å². The van der Waals surface area contributed by atoms with Gasteiger partial charge in [0.15, 0.2) is 5.69 Å². The summed E-state index contributed by atoms with van der Waals surface area (Å²) in [5.74, 6) is -0.391. The molecule has 0 bridgehead atoms. The Labute approximate surface area is 124 Å². The first-order valence-electron chi connectivity index (χ1n) is 6.67. The quantitative estimate of drug-likeness (QED) is 0.803. The molecule has 0 saturated carbocycles. The Hall–Kier alpha value is -1.15. The molecule has 0 spiro atoms. The molecule has 4 nitrogen and oxygen atoms in total. The molecule has 1 aromatic rings. The Morgan fingerprint density at radius 2 is 2.29 bits per heavy atom. The number of thiazole rings is 1. The lowest BCUT2D eigenvalue weighted by atomic mass is 9.97. The van der Waals surface area contributed by atoms with E-state index in [1.165, 1.54) is 7.11 Å². The maximum atomic E-state index is 12.6. The lowest BCUT2D eigenvalue weighted by molar-refractivity contribution is -0.146. The number of halogens is 3. The van der Waals surface area contributed by atoms with Crippen LogP contribution >= 0.6 is 11.3 Å². The number of esters is 1. The first-order chi connectivity index (χ1) is 9.82. The number of aromatic nitrogens is 1. The molecule has 1 aromatic heterocycles. The largest absolute Gasteiger partial charge is 0.468 e. The molecule has 8 heteroatoms. The Kier molecular flexibility index (Phi) is 4.88. The lowest BCUT2D eigenvalue weighted by Crippen LogP contribution is -2.44. The Morgan fingerprint density at radius 1 is 1.57 bits per heavy atom. The summed E-state index contributed by atoms with van der Waals surface area (Å²) in [6.07, 6.45) is -2.79. The second-order valence-corrected chi connectivity index (χ2v) is 5.99. The molecular weight excluding hydrogens is 305 g/mol. The molecule has 21 heavy (non-hydrogen) atoms. The molecule has 0 N–H and O–H groups in total. The van der Waals surface area contributed by atoms with Crippen molar-refractivity contribution >= 4 is 17.3 Å². The fraction of sp³-hybridized carbons (Fsp3) is 0.692. The van der Waals surface area contributed by atoms with Crippen LogP contribution in [0.5, 0.6) is 0 Å². The highest BCUT2D eigenvalue weighted by molar-refractivity contribution is 7.09. The van der Waals surface area contributed by atoms with Crippen LogP contribution in [0.1, 0.15) is 36.4 Å². The molecule has 0 aromatic carbocycles. The van der Waals surface area contributed by atoms with Crippen molar-refractivity contribution in [3.63, 3.8) is 0 Å². The highest BCUT2D eigenvalue weighted by Gasteiger charge is 2.36. The van der Waals surface area contributed by atoms with Gasteiger partial charge in [-0.05, 0) is 26.3 Å². The predicted molar refractivity (Wildman–Crippen MR) is 72.1 cm³/mol. The van der Waals surface area contributed by atoms with Crippen molar-refractivity contribution in [2.45, 2.75) is 37.9 Å². The molecule has 2 heterocycles. The fourth-order valence-corrected chi connectivity index (χ4v) is 3.44. The van der Waals surface area contributed by atoms with Gasteiger partial charge in [0, 0.05) is 17.8 Å². The predicted octanol–water partition coefficient (Wildman–Crippen LogP) is 2.90. The van der Waals surface area contributed by atoms with Crippen molar-refractivity contribution in [1.29, 1.82) is 0 Å². The van der Waals surface area contributed by atoms with Gasteiger partial charge < -0.3 is 4.74 Å². The molecule has 118 valence electrons. The number of hydrogen-bond acceptors (Lipinski definition) is 5. The molecule has 0 radical (unpaired) electrons. The Morgan fingerprint density at radius 3 is 2.86 bits per heavy atom. The Balaban J connectivity index is 2.07. The second-order valence-electron chi connectivity index (χ2n) is 5.10. The zero-order valence-electron chi connectivity index (χ0n) is 11.8. The highest BCUT2D eigenvalue weighted by atomic mass is 32.1. The number of likely N-dealkylation sites (tertiary alicyclic amines) is 1. The summed E-state index contributed by atoms with van der Waals surface area (Å²) in [4.78, 5) is 17.2. The normalized spacial score (nSPS) is 22.0. The molecule has 1 aliphatic rings. The van der Waals surface area contributed by atoms with Crippen LogP contribution in [0.2, 0.25) is 0 Å². The third-order valence-electron chi connectivity index (χ3n) is 3.70. The summed E-state index contributed by atoms with van der Waals surface area (Å²) in [5, 5.41) is 1.54. The highest BCUT2D eigenvalue weighted by Crippen LogP contribution is 2.35. The topological polar surface area (TPSA) is 42.4 Å². The number of carbonyl (C=O) groups is 1.